The minimum atomic E-state index is -1.43. The number of aliphatic hydroxyl groups is 2. The van der Waals surface area contributed by atoms with Crippen molar-refractivity contribution < 1.29 is 43.4 Å². The number of fused-ring (bicyclic) bond motifs is 2. The highest BCUT2D eigenvalue weighted by Gasteiger charge is 2.65. The number of hydrogen-bond donors (Lipinski definition) is 2. The first-order chi connectivity index (χ1) is 29.2. The summed E-state index contributed by atoms with van der Waals surface area (Å²) >= 11 is 0. The van der Waals surface area contributed by atoms with Crippen molar-refractivity contribution in [1.82, 2.24) is 4.90 Å². The van der Waals surface area contributed by atoms with Gasteiger partial charge in [-0.1, -0.05) is 55.3 Å². The molecule has 6 rings (SSSR count). The van der Waals surface area contributed by atoms with Crippen LogP contribution in [0, 0.1) is 33.7 Å². The van der Waals surface area contributed by atoms with E-state index < -0.39 is 22.7 Å². The molecule has 2 N–H and O–H groups in total. The van der Waals surface area contributed by atoms with Crippen LogP contribution in [0.2, 0.25) is 0 Å². The average molecular weight is 826 g/mol. The Morgan fingerprint density at radius 1 is 1.08 bits per heavy atom. The van der Waals surface area contributed by atoms with Crippen molar-refractivity contribution in [3.8, 4) is 11.5 Å². The number of nitro benzene ring substituents is 1. The van der Waals surface area contributed by atoms with Gasteiger partial charge in [-0.25, -0.2) is 4.39 Å². The molecule has 60 heavy (non-hydrogen) atoms. The van der Waals surface area contributed by atoms with Crippen LogP contribution in [0.25, 0.3) is 6.08 Å². The lowest BCUT2D eigenvalue weighted by atomic mass is 9.55. The number of non-ortho nitro benzene ring substituents is 1. The number of unbranched alkanes of at least 4 members (excludes halogenated alkanes) is 2. The fraction of sp³-hybridized carbons (Fsp3) is 0.447. The van der Waals surface area contributed by atoms with E-state index in [-0.39, 0.29) is 68.0 Å². The van der Waals surface area contributed by atoms with Gasteiger partial charge in [0, 0.05) is 61.4 Å². The lowest BCUT2D eigenvalue weighted by Gasteiger charge is -2.60. The summed E-state index contributed by atoms with van der Waals surface area (Å²) in [5.41, 5.74) is 3.47. The Balaban J connectivity index is 1.52. The third-order valence-corrected chi connectivity index (χ3v) is 11.8. The lowest BCUT2D eigenvalue weighted by molar-refractivity contribution is -0.384. The zero-order valence-corrected chi connectivity index (χ0v) is 34.4. The third-order valence-electron chi connectivity index (χ3n) is 11.8. The molecule has 1 amide bonds. The van der Waals surface area contributed by atoms with Crippen LogP contribution in [0.1, 0.15) is 80.9 Å². The molecule has 3 aliphatic rings. The van der Waals surface area contributed by atoms with Gasteiger partial charge in [0.05, 0.1) is 23.2 Å². The Kier molecular flexibility index (Phi) is 15.3. The van der Waals surface area contributed by atoms with Gasteiger partial charge < -0.3 is 34.2 Å². The van der Waals surface area contributed by atoms with Gasteiger partial charge in [-0.05, 0) is 97.6 Å². The molecule has 0 bridgehead atoms. The fourth-order valence-electron chi connectivity index (χ4n) is 9.26. The third kappa shape index (κ3) is 9.64. The molecule has 320 valence electrons. The van der Waals surface area contributed by atoms with Gasteiger partial charge in [0.1, 0.15) is 37.1 Å². The van der Waals surface area contributed by atoms with Crippen LogP contribution in [0.3, 0.4) is 0 Å². The van der Waals surface area contributed by atoms with E-state index in [0.717, 1.165) is 36.8 Å². The summed E-state index contributed by atoms with van der Waals surface area (Å²) in [6, 6.07) is 17.4. The monoisotopic (exact) mass is 825 g/mol. The molecule has 1 aliphatic heterocycles. The van der Waals surface area contributed by atoms with E-state index in [1.165, 1.54) is 31.4 Å². The van der Waals surface area contributed by atoms with Crippen molar-refractivity contribution in [2.75, 3.05) is 33.5 Å². The largest absolute Gasteiger partial charge is 0.489 e. The van der Waals surface area contributed by atoms with Crippen molar-refractivity contribution in [3.05, 3.63) is 130 Å². The number of ether oxygens (including phenoxy) is 3. The lowest BCUT2D eigenvalue weighted by Crippen LogP contribution is -2.70. The normalized spacial score (nSPS) is 23.6. The maximum absolute atomic E-state index is 14.7. The number of amides is 1. The molecule has 0 radical (unpaired) electrons. The second-order valence-corrected chi connectivity index (χ2v) is 15.5. The molecular formula is C47H56FN3O9. The summed E-state index contributed by atoms with van der Waals surface area (Å²) in [5.74, 6) is -1.67. The van der Waals surface area contributed by atoms with Crippen LogP contribution in [0.4, 0.5) is 10.1 Å². The predicted molar refractivity (Wildman–Crippen MR) is 227 cm³/mol. The second-order valence-electron chi connectivity index (χ2n) is 15.5. The van der Waals surface area contributed by atoms with Crippen molar-refractivity contribution in [2.24, 2.45) is 22.9 Å². The zero-order chi connectivity index (χ0) is 42.6. The summed E-state index contributed by atoms with van der Waals surface area (Å²) in [6.45, 7) is 6.62. The van der Waals surface area contributed by atoms with Gasteiger partial charge in [-0.2, -0.15) is 0 Å². The molecule has 2 aliphatic carbocycles. The van der Waals surface area contributed by atoms with Crippen LogP contribution in [-0.2, 0) is 21.0 Å². The number of nitrogens with zero attached hydrogens (tertiary/aromatic N) is 3. The molecule has 0 saturated heterocycles. The highest BCUT2D eigenvalue weighted by molar-refractivity contribution is 6.03. The van der Waals surface area contributed by atoms with Gasteiger partial charge >= 0.3 is 0 Å². The maximum atomic E-state index is 14.7. The van der Waals surface area contributed by atoms with Crippen LogP contribution in [-0.4, -0.2) is 77.0 Å². The number of carbonyl (C=O) groups excluding carboxylic acids is 1. The number of carbonyl (C=O) groups is 1. The van der Waals surface area contributed by atoms with Crippen molar-refractivity contribution in [2.45, 2.75) is 82.6 Å². The van der Waals surface area contributed by atoms with E-state index in [1.54, 1.807) is 53.5 Å². The SMILES string of the molecule is C=CCO[C@@]12Oc3ccc(OCc4ccccc4F)cc3[C@H]3[C@H](CCCCO)[C@@H](CCCCO)C=C(C(=NOC)C[C@@H]1N(CCC)C(=O)C=Cc1ccc([N+](=O)[O-])cc1)[C@H]32. The van der Waals surface area contributed by atoms with Crippen LogP contribution in [0.15, 0.2) is 102 Å². The Morgan fingerprint density at radius 2 is 1.83 bits per heavy atom. The fourth-order valence-corrected chi connectivity index (χ4v) is 9.26. The number of nitro groups is 1. The molecule has 3 aromatic carbocycles. The van der Waals surface area contributed by atoms with E-state index >= 15 is 0 Å². The molecule has 6 atom stereocenters. The van der Waals surface area contributed by atoms with Gasteiger partial charge in [-0.15, -0.1) is 6.58 Å². The van der Waals surface area contributed by atoms with E-state index in [0.29, 0.717) is 54.1 Å². The Hall–Kier alpha value is -5.37. The number of rotatable bonds is 21. The van der Waals surface area contributed by atoms with Gasteiger partial charge in [0.2, 0.25) is 11.7 Å². The topological polar surface area (TPSA) is 153 Å². The van der Waals surface area contributed by atoms with E-state index in [9.17, 15) is 29.5 Å². The average Bonchev–Trinajstić information content (AvgIpc) is 3.25. The maximum Gasteiger partial charge on any atom is 0.269 e. The summed E-state index contributed by atoms with van der Waals surface area (Å²) in [4.78, 5) is 32.7. The number of allylic oxidation sites excluding steroid dienone is 1. The number of halogens is 1. The number of oxime groups is 1. The van der Waals surface area contributed by atoms with Crippen molar-refractivity contribution >= 4 is 23.4 Å². The number of hydrogen-bond acceptors (Lipinski definition) is 10. The first-order valence-electron chi connectivity index (χ1n) is 20.9. The van der Waals surface area contributed by atoms with E-state index in [4.69, 9.17) is 19.0 Å². The second kappa shape index (κ2) is 20.7. The highest BCUT2D eigenvalue weighted by atomic mass is 19.1. The smallest absolute Gasteiger partial charge is 0.269 e. The van der Waals surface area contributed by atoms with Gasteiger partial charge in [-0.3, -0.25) is 14.9 Å². The van der Waals surface area contributed by atoms with Crippen LogP contribution >= 0.6 is 0 Å². The summed E-state index contributed by atoms with van der Waals surface area (Å²) in [6.07, 6.45) is 12.3. The molecule has 13 heteroatoms. The van der Waals surface area contributed by atoms with Crippen molar-refractivity contribution in [1.29, 1.82) is 0 Å². The minimum absolute atomic E-state index is 0.0140. The first kappa shape index (κ1) is 44.2. The zero-order valence-electron chi connectivity index (χ0n) is 34.4. The van der Waals surface area contributed by atoms with Crippen LogP contribution in [0.5, 0.6) is 11.5 Å². The summed E-state index contributed by atoms with van der Waals surface area (Å²) < 4.78 is 35.2. The predicted octanol–water partition coefficient (Wildman–Crippen LogP) is 8.53. The minimum Gasteiger partial charge on any atom is -0.489 e. The Morgan fingerprint density at radius 3 is 2.52 bits per heavy atom. The molecule has 0 aromatic heterocycles. The number of aliphatic hydroxyl groups excluding tert-OH is 2. The standard InChI is InChI=1S/C47H56FN3O9/c1-4-24-50(44(54)23-18-32-16-19-35(20-17-32)51(55)56)43-30-41(49-57-3)38-28-33(12-8-10-25-52)37(14-9-11-26-53)45-39-29-36(58-31-34-13-6-7-15-40(34)48)21-22-42(39)60-47(43,46(38)45)59-27-5-2/h5-7,13,15-23,28-29,33,37,43,45-46,52-53H,2,4,8-12,14,24-27,30-31H2,1,3H3/t33-,37+,43-,45+,46+,47+/m0/s1. The molecule has 12 nitrogen and oxygen atoms in total. The van der Waals surface area contributed by atoms with E-state index in [1.807, 2.05) is 19.1 Å². The Bertz CT molecular complexity index is 2050. The van der Waals surface area contributed by atoms with Crippen molar-refractivity contribution in [3.63, 3.8) is 0 Å². The van der Waals surface area contributed by atoms with Gasteiger partial charge in [0.25, 0.3) is 5.69 Å². The molecular weight excluding hydrogens is 770 g/mol. The number of benzene rings is 3. The molecule has 1 heterocycles. The summed E-state index contributed by atoms with van der Waals surface area (Å²) in [7, 11) is 1.50. The summed E-state index contributed by atoms with van der Waals surface area (Å²) in [5, 5.41) is 35.6. The quantitative estimate of drug-likeness (QED) is 0.0354. The van der Waals surface area contributed by atoms with Crippen LogP contribution < -0.4 is 9.47 Å². The first-order valence-corrected chi connectivity index (χ1v) is 20.9. The van der Waals surface area contributed by atoms with Gasteiger partial charge in [0.15, 0.2) is 0 Å². The van der Waals surface area contributed by atoms with E-state index in [2.05, 4.69) is 17.8 Å². The molecule has 0 unspecified atom stereocenters. The molecule has 3 aromatic rings. The molecule has 0 spiro atoms. The molecule has 1 fully saturated rings. The molecule has 1 saturated carbocycles. The Labute approximate surface area is 351 Å². The highest BCUT2D eigenvalue weighted by Crippen LogP contribution is 2.62.